The minimum absolute atomic E-state index is 0.271. The standard InChI is InChI=1S/C15H18FN3O2S/c1-22(20,21)19-8-6-12(7-9-19)15-10-14(17-18-15)11-2-4-13(16)5-3-11/h2-5,10,12H,6-9H2,1H3,(H,17,18). The van der Waals surface area contributed by atoms with E-state index in [-0.39, 0.29) is 11.7 Å². The maximum absolute atomic E-state index is 12.9. The SMILES string of the molecule is CS(=O)(=O)N1CCC(c2cc(-c3ccc(F)cc3)n[nH]2)CC1. The average Bonchev–Trinajstić information content (AvgIpc) is 2.97. The zero-order valence-corrected chi connectivity index (χ0v) is 13.1. The van der Waals surface area contributed by atoms with Crippen molar-refractivity contribution in [3.8, 4) is 11.3 Å². The summed E-state index contributed by atoms with van der Waals surface area (Å²) in [6, 6.07) is 8.18. The van der Waals surface area contributed by atoms with Crippen LogP contribution in [0.4, 0.5) is 4.39 Å². The van der Waals surface area contributed by atoms with Crippen LogP contribution in [0.15, 0.2) is 30.3 Å². The minimum Gasteiger partial charge on any atom is -0.282 e. The monoisotopic (exact) mass is 323 g/mol. The van der Waals surface area contributed by atoms with Gasteiger partial charge in [-0.05, 0) is 43.2 Å². The van der Waals surface area contributed by atoms with Crippen molar-refractivity contribution in [2.45, 2.75) is 18.8 Å². The van der Waals surface area contributed by atoms with E-state index in [1.54, 1.807) is 12.1 Å². The lowest BCUT2D eigenvalue weighted by Crippen LogP contribution is -2.37. The van der Waals surface area contributed by atoms with E-state index in [4.69, 9.17) is 0 Å². The zero-order valence-electron chi connectivity index (χ0n) is 12.3. The fraction of sp³-hybridized carbons (Fsp3) is 0.400. The molecule has 1 aromatic carbocycles. The van der Waals surface area contributed by atoms with Gasteiger partial charge < -0.3 is 0 Å². The third kappa shape index (κ3) is 3.20. The van der Waals surface area contributed by atoms with E-state index in [1.807, 2.05) is 6.07 Å². The molecule has 1 aromatic heterocycles. The lowest BCUT2D eigenvalue weighted by Gasteiger charge is -2.29. The Kier molecular flexibility index (Phi) is 4.01. The maximum Gasteiger partial charge on any atom is 0.211 e. The van der Waals surface area contributed by atoms with Gasteiger partial charge in [0.2, 0.25) is 10.0 Å². The van der Waals surface area contributed by atoms with Gasteiger partial charge in [0.05, 0.1) is 11.9 Å². The van der Waals surface area contributed by atoms with Crippen molar-refractivity contribution in [1.82, 2.24) is 14.5 Å². The number of halogens is 1. The number of benzene rings is 1. The van der Waals surface area contributed by atoms with Crippen LogP contribution in [0.1, 0.15) is 24.5 Å². The number of sulfonamides is 1. The Morgan fingerprint density at radius 3 is 2.45 bits per heavy atom. The molecule has 22 heavy (non-hydrogen) atoms. The van der Waals surface area contributed by atoms with Crippen LogP contribution in [0, 0.1) is 5.82 Å². The van der Waals surface area contributed by atoms with Crippen LogP contribution in [-0.2, 0) is 10.0 Å². The summed E-state index contributed by atoms with van der Waals surface area (Å²) < 4.78 is 37.5. The lowest BCUT2D eigenvalue weighted by atomic mass is 9.94. The predicted octanol–water partition coefficient (Wildman–Crippen LogP) is 2.35. The number of hydrogen-bond donors (Lipinski definition) is 1. The Labute approximate surface area is 129 Å². The van der Waals surface area contributed by atoms with Crippen LogP contribution in [-0.4, -0.2) is 42.3 Å². The molecule has 5 nitrogen and oxygen atoms in total. The van der Waals surface area contributed by atoms with Gasteiger partial charge in [-0.2, -0.15) is 5.10 Å². The lowest BCUT2D eigenvalue weighted by molar-refractivity contribution is 0.318. The van der Waals surface area contributed by atoms with Gasteiger partial charge in [0.1, 0.15) is 5.82 Å². The molecule has 1 aliphatic heterocycles. The van der Waals surface area contributed by atoms with Crippen LogP contribution in [0.5, 0.6) is 0 Å². The molecule has 2 heterocycles. The highest BCUT2D eigenvalue weighted by Gasteiger charge is 2.26. The number of piperidine rings is 1. The number of aromatic nitrogens is 2. The third-order valence-corrected chi connectivity index (χ3v) is 5.40. The smallest absolute Gasteiger partial charge is 0.211 e. The number of rotatable bonds is 3. The second-order valence-corrected chi connectivity index (χ2v) is 7.63. The van der Waals surface area contributed by atoms with Crippen LogP contribution < -0.4 is 0 Å². The van der Waals surface area contributed by atoms with Gasteiger partial charge in [0.25, 0.3) is 0 Å². The molecule has 0 unspecified atom stereocenters. The first-order valence-corrected chi connectivity index (χ1v) is 9.05. The van der Waals surface area contributed by atoms with E-state index in [2.05, 4.69) is 10.2 Å². The van der Waals surface area contributed by atoms with Gasteiger partial charge in [-0.3, -0.25) is 5.10 Å². The van der Waals surface area contributed by atoms with E-state index in [0.29, 0.717) is 13.1 Å². The normalized spacial score (nSPS) is 17.7. The Balaban J connectivity index is 1.71. The first kappa shape index (κ1) is 15.2. The molecule has 1 aliphatic rings. The molecule has 118 valence electrons. The third-order valence-electron chi connectivity index (χ3n) is 4.10. The molecule has 0 amide bonds. The Morgan fingerprint density at radius 1 is 1.23 bits per heavy atom. The molecule has 0 aliphatic carbocycles. The van der Waals surface area contributed by atoms with Gasteiger partial charge in [-0.25, -0.2) is 17.1 Å². The van der Waals surface area contributed by atoms with E-state index in [0.717, 1.165) is 29.8 Å². The van der Waals surface area contributed by atoms with Crippen molar-refractivity contribution in [2.24, 2.45) is 0 Å². The van der Waals surface area contributed by atoms with Crippen molar-refractivity contribution < 1.29 is 12.8 Å². The Morgan fingerprint density at radius 2 is 1.86 bits per heavy atom. The molecule has 0 saturated carbocycles. The topological polar surface area (TPSA) is 66.1 Å². The second-order valence-electron chi connectivity index (χ2n) is 5.65. The summed E-state index contributed by atoms with van der Waals surface area (Å²) in [6.45, 7) is 1.07. The fourth-order valence-electron chi connectivity index (χ4n) is 2.81. The van der Waals surface area contributed by atoms with Gasteiger partial charge >= 0.3 is 0 Å². The first-order valence-electron chi connectivity index (χ1n) is 7.20. The molecule has 0 spiro atoms. The van der Waals surface area contributed by atoms with Gasteiger partial charge in [0.15, 0.2) is 0 Å². The van der Waals surface area contributed by atoms with E-state index >= 15 is 0 Å². The Bertz CT molecular complexity index is 747. The predicted molar refractivity (Wildman–Crippen MR) is 82.4 cm³/mol. The van der Waals surface area contributed by atoms with E-state index in [1.165, 1.54) is 22.7 Å². The summed E-state index contributed by atoms with van der Waals surface area (Å²) in [6.07, 6.45) is 2.80. The number of nitrogens with zero attached hydrogens (tertiary/aromatic N) is 2. The van der Waals surface area contributed by atoms with Crippen molar-refractivity contribution in [3.63, 3.8) is 0 Å². The molecule has 7 heteroatoms. The highest BCUT2D eigenvalue weighted by Crippen LogP contribution is 2.30. The van der Waals surface area contributed by atoms with Crippen molar-refractivity contribution >= 4 is 10.0 Å². The average molecular weight is 323 g/mol. The highest BCUT2D eigenvalue weighted by atomic mass is 32.2. The van der Waals surface area contributed by atoms with Crippen molar-refractivity contribution in [2.75, 3.05) is 19.3 Å². The number of hydrogen-bond acceptors (Lipinski definition) is 3. The van der Waals surface area contributed by atoms with E-state index < -0.39 is 10.0 Å². The summed E-state index contributed by atoms with van der Waals surface area (Å²) in [4.78, 5) is 0. The van der Waals surface area contributed by atoms with E-state index in [9.17, 15) is 12.8 Å². The van der Waals surface area contributed by atoms with Crippen LogP contribution in [0.25, 0.3) is 11.3 Å². The summed E-state index contributed by atoms with van der Waals surface area (Å²) >= 11 is 0. The Hall–Kier alpha value is -1.73. The second kappa shape index (κ2) is 5.81. The first-order chi connectivity index (χ1) is 10.4. The minimum atomic E-state index is -3.10. The molecular weight excluding hydrogens is 305 g/mol. The summed E-state index contributed by atoms with van der Waals surface area (Å²) in [5, 5.41) is 7.31. The van der Waals surface area contributed by atoms with Crippen LogP contribution in [0.3, 0.4) is 0 Å². The maximum atomic E-state index is 12.9. The van der Waals surface area contributed by atoms with Gasteiger partial charge in [-0.1, -0.05) is 0 Å². The fourth-order valence-corrected chi connectivity index (χ4v) is 3.69. The molecule has 1 fully saturated rings. The summed E-state index contributed by atoms with van der Waals surface area (Å²) in [5.41, 5.74) is 2.64. The van der Waals surface area contributed by atoms with Crippen LogP contribution >= 0.6 is 0 Å². The molecule has 3 rings (SSSR count). The summed E-state index contributed by atoms with van der Waals surface area (Å²) in [5.74, 6) is 0.00681. The molecule has 2 aromatic rings. The van der Waals surface area contributed by atoms with Crippen LogP contribution in [0.2, 0.25) is 0 Å². The van der Waals surface area contributed by atoms with Gasteiger partial charge in [0, 0.05) is 30.3 Å². The number of aromatic amines is 1. The quantitative estimate of drug-likeness (QED) is 0.943. The summed E-state index contributed by atoms with van der Waals surface area (Å²) in [7, 11) is -3.10. The molecule has 0 bridgehead atoms. The van der Waals surface area contributed by atoms with Crippen molar-refractivity contribution in [3.05, 3.63) is 41.8 Å². The van der Waals surface area contributed by atoms with Gasteiger partial charge in [-0.15, -0.1) is 0 Å². The largest absolute Gasteiger partial charge is 0.282 e. The molecular formula is C15H18FN3O2S. The number of H-pyrrole nitrogens is 1. The molecule has 0 radical (unpaired) electrons. The van der Waals surface area contributed by atoms with Crippen molar-refractivity contribution in [1.29, 1.82) is 0 Å². The molecule has 0 atom stereocenters. The zero-order chi connectivity index (χ0) is 15.7. The highest BCUT2D eigenvalue weighted by molar-refractivity contribution is 7.88. The number of nitrogens with one attached hydrogen (secondary N) is 1. The molecule has 1 N–H and O–H groups in total. The molecule has 1 saturated heterocycles.